The van der Waals surface area contributed by atoms with Crippen molar-refractivity contribution >= 4 is 45.6 Å². The number of nitrogens with two attached hydrogens (primary N) is 1. The third-order valence-electron chi connectivity index (χ3n) is 6.16. The van der Waals surface area contributed by atoms with Crippen molar-refractivity contribution in [2.24, 2.45) is 5.14 Å². The van der Waals surface area contributed by atoms with Gasteiger partial charge in [-0.2, -0.15) is 0 Å². The number of nitrogens with zero attached hydrogens (tertiary/aromatic N) is 4. The highest BCUT2D eigenvalue weighted by Gasteiger charge is 2.56. The molecule has 2 saturated heterocycles. The van der Waals surface area contributed by atoms with Crippen LogP contribution in [0.25, 0.3) is 5.57 Å². The monoisotopic (exact) mass is 489 g/mol. The number of carbonyl (C=O) groups is 1. The van der Waals surface area contributed by atoms with Crippen LogP contribution in [-0.4, -0.2) is 54.6 Å². The number of allylic oxidation sites excluding steroid dienone is 4. The number of benzene rings is 1. The maximum Gasteiger partial charge on any atom is 0.253 e. The topological polar surface area (TPSA) is 65.7 Å². The van der Waals surface area contributed by atoms with Crippen LogP contribution in [0.4, 0.5) is 19.6 Å². The molecule has 0 aliphatic carbocycles. The van der Waals surface area contributed by atoms with Gasteiger partial charge in [-0.3, -0.25) is 19.7 Å². The molecule has 0 atom stereocenters. The number of hydrogen-bond donors (Lipinski definition) is 1. The zero-order valence-electron chi connectivity index (χ0n) is 18.5. The minimum atomic E-state index is -0.742. The molecule has 2 fully saturated rings. The number of halogens is 2. The van der Waals surface area contributed by atoms with E-state index in [4.69, 9.17) is 5.14 Å². The summed E-state index contributed by atoms with van der Waals surface area (Å²) in [4.78, 5) is 24.1. The van der Waals surface area contributed by atoms with Crippen LogP contribution in [0.2, 0.25) is 0 Å². The summed E-state index contributed by atoms with van der Waals surface area (Å²) < 4.78 is 27.9. The Bertz CT molecular complexity index is 1140. The van der Waals surface area contributed by atoms with Gasteiger partial charge in [-0.05, 0) is 49.7 Å². The number of piperazine rings is 1. The molecule has 0 radical (unpaired) electrons. The average molecular weight is 490 g/mol. The molecule has 3 heterocycles. The number of likely N-dealkylation sites (N-methyl/N-ethyl adjacent to an activating group) is 1. The quantitative estimate of drug-likeness (QED) is 0.482. The number of carbonyl (C=O) groups excluding carboxylic acids is 1. The van der Waals surface area contributed by atoms with Crippen LogP contribution in [0.5, 0.6) is 0 Å². The van der Waals surface area contributed by atoms with Gasteiger partial charge in [0.25, 0.3) is 5.91 Å². The van der Waals surface area contributed by atoms with Crippen LogP contribution in [0.3, 0.4) is 0 Å². The fraction of sp³-hybridized carbons (Fsp3) is 0.304. The average Bonchev–Trinajstić information content (AvgIpc) is 3.11. The molecule has 0 unspecified atom stereocenters. The van der Waals surface area contributed by atoms with E-state index in [9.17, 15) is 13.6 Å². The number of aromatic nitrogens is 1. The lowest BCUT2D eigenvalue weighted by molar-refractivity contribution is -0.134. The Morgan fingerprint density at radius 3 is 2.45 bits per heavy atom. The van der Waals surface area contributed by atoms with Crippen molar-refractivity contribution in [3.05, 3.63) is 66.4 Å². The molecule has 0 saturated carbocycles. The molecule has 1 aromatic carbocycles. The highest BCUT2D eigenvalue weighted by Crippen LogP contribution is 2.39. The van der Waals surface area contributed by atoms with Crippen molar-refractivity contribution in [1.29, 1.82) is 0 Å². The number of amides is 1. The van der Waals surface area contributed by atoms with Crippen LogP contribution < -0.4 is 14.9 Å². The van der Waals surface area contributed by atoms with Gasteiger partial charge in [0.15, 0.2) is 5.13 Å². The summed E-state index contributed by atoms with van der Waals surface area (Å²) in [5.74, 6) is -1.44. The van der Waals surface area contributed by atoms with Crippen LogP contribution in [0.15, 0.2) is 59.4 Å². The summed E-state index contributed by atoms with van der Waals surface area (Å²) >= 11 is 2.59. The zero-order valence-corrected chi connectivity index (χ0v) is 20.1. The molecule has 1 amide bonds. The molecule has 1 spiro atoms. The van der Waals surface area contributed by atoms with E-state index in [0.29, 0.717) is 30.3 Å². The number of anilines is 2. The SMILES string of the molecule is C=C(F)/C=C(\C(=C)F)c1ccc(N2CC3(C2)C(=O)N(c2nc(C)c(SN)s2)CCN3C)cc1. The van der Waals surface area contributed by atoms with E-state index in [2.05, 4.69) is 27.9 Å². The molecule has 6 nitrogen and oxygen atoms in total. The van der Waals surface area contributed by atoms with Gasteiger partial charge in [0, 0.05) is 37.4 Å². The van der Waals surface area contributed by atoms with Crippen LogP contribution in [-0.2, 0) is 4.79 Å². The summed E-state index contributed by atoms with van der Waals surface area (Å²) in [6.07, 6.45) is 1.02. The van der Waals surface area contributed by atoms with Gasteiger partial charge in [-0.15, -0.1) is 0 Å². The molecule has 2 N–H and O–H groups in total. The van der Waals surface area contributed by atoms with Crippen molar-refractivity contribution in [3.63, 3.8) is 0 Å². The normalized spacial score (nSPS) is 18.6. The summed E-state index contributed by atoms with van der Waals surface area (Å²) in [6.45, 7) is 10.7. The second kappa shape index (κ2) is 9.02. The lowest BCUT2D eigenvalue weighted by Gasteiger charge is -2.57. The number of rotatable bonds is 6. The Morgan fingerprint density at radius 1 is 1.24 bits per heavy atom. The second-order valence-electron chi connectivity index (χ2n) is 8.21. The first-order valence-electron chi connectivity index (χ1n) is 10.3. The Kier molecular flexibility index (Phi) is 6.45. The highest BCUT2D eigenvalue weighted by atomic mass is 32.2. The fourth-order valence-electron chi connectivity index (χ4n) is 4.23. The zero-order chi connectivity index (χ0) is 23.9. The molecule has 4 rings (SSSR count). The highest BCUT2D eigenvalue weighted by molar-refractivity contribution is 7.99. The molecule has 33 heavy (non-hydrogen) atoms. The van der Waals surface area contributed by atoms with Crippen molar-refractivity contribution < 1.29 is 13.6 Å². The Morgan fingerprint density at radius 2 is 1.91 bits per heavy atom. The first kappa shape index (κ1) is 23.6. The predicted molar refractivity (Wildman–Crippen MR) is 132 cm³/mol. The van der Waals surface area contributed by atoms with Gasteiger partial charge >= 0.3 is 0 Å². The largest absolute Gasteiger partial charge is 0.367 e. The van der Waals surface area contributed by atoms with Crippen LogP contribution in [0, 0.1) is 6.92 Å². The number of hydrogen-bond acceptors (Lipinski definition) is 7. The van der Waals surface area contributed by atoms with Gasteiger partial charge in [-0.25, -0.2) is 13.8 Å². The number of thiazole rings is 1. The third kappa shape index (κ3) is 4.23. The maximum atomic E-state index is 13.8. The van der Waals surface area contributed by atoms with Gasteiger partial charge in [0.2, 0.25) is 0 Å². The van der Waals surface area contributed by atoms with Crippen LogP contribution in [0.1, 0.15) is 11.3 Å². The van der Waals surface area contributed by atoms with E-state index >= 15 is 0 Å². The fourth-order valence-corrected chi connectivity index (χ4v) is 5.69. The first-order chi connectivity index (χ1) is 15.7. The van der Waals surface area contributed by atoms with Crippen LogP contribution >= 0.6 is 23.3 Å². The van der Waals surface area contributed by atoms with Gasteiger partial charge in [0.1, 0.15) is 17.2 Å². The first-order valence-corrected chi connectivity index (χ1v) is 12.0. The molecule has 0 bridgehead atoms. The van der Waals surface area contributed by atoms with E-state index in [1.54, 1.807) is 17.0 Å². The number of aryl methyl sites for hydroxylation is 1. The maximum absolute atomic E-state index is 13.8. The van der Waals surface area contributed by atoms with E-state index in [0.717, 1.165) is 40.2 Å². The van der Waals surface area contributed by atoms with E-state index in [1.165, 1.54) is 11.3 Å². The van der Waals surface area contributed by atoms with Crippen molar-refractivity contribution in [1.82, 2.24) is 9.88 Å². The van der Waals surface area contributed by atoms with Gasteiger partial charge in [-0.1, -0.05) is 36.6 Å². The molecule has 1 aromatic heterocycles. The molecule has 174 valence electrons. The molecular formula is C23H25F2N5OS2. The lowest BCUT2D eigenvalue weighted by Crippen LogP contribution is -2.79. The Balaban J connectivity index is 1.52. The summed E-state index contributed by atoms with van der Waals surface area (Å²) in [5.41, 5.74) is 1.67. The standard InChI is InChI=1S/C23H25F2N5OS2/c1-14(24)11-19(15(2)25)17-5-7-18(8-6-17)29-12-23(13-29)21(31)30(10-9-28(23)4)22-27-16(3)20(32-22)33-26/h5-8,11H,1-2,9-10,12-13,26H2,3-4H3/b19-11+. The molecule has 2 aliphatic heterocycles. The Labute approximate surface area is 200 Å². The molecule has 2 aliphatic rings. The van der Waals surface area contributed by atoms with E-state index in [-0.39, 0.29) is 11.5 Å². The van der Waals surface area contributed by atoms with Crippen molar-refractivity contribution in [2.45, 2.75) is 16.7 Å². The van der Waals surface area contributed by atoms with Gasteiger partial charge in [0.05, 0.1) is 9.90 Å². The lowest BCUT2D eigenvalue weighted by atomic mass is 9.84. The molecular weight excluding hydrogens is 464 g/mol. The smallest absolute Gasteiger partial charge is 0.253 e. The van der Waals surface area contributed by atoms with E-state index in [1.807, 2.05) is 26.1 Å². The predicted octanol–water partition coefficient (Wildman–Crippen LogP) is 4.30. The minimum absolute atomic E-state index is 0.0341. The molecule has 2 aromatic rings. The molecule has 10 heteroatoms. The van der Waals surface area contributed by atoms with E-state index < -0.39 is 17.2 Å². The summed E-state index contributed by atoms with van der Waals surface area (Å²) in [6, 6.07) is 7.09. The van der Waals surface area contributed by atoms with Crippen molar-refractivity contribution in [3.8, 4) is 0 Å². The Hall–Kier alpha value is -2.53. The minimum Gasteiger partial charge on any atom is -0.367 e. The third-order valence-corrected chi connectivity index (χ3v) is 8.18. The second-order valence-corrected chi connectivity index (χ2v) is 10.1. The van der Waals surface area contributed by atoms with Gasteiger partial charge < -0.3 is 4.90 Å². The van der Waals surface area contributed by atoms with Crippen molar-refractivity contribution in [2.75, 3.05) is 43.0 Å². The summed E-state index contributed by atoms with van der Waals surface area (Å²) in [7, 11) is 1.97. The summed E-state index contributed by atoms with van der Waals surface area (Å²) in [5, 5.41) is 6.39.